The molecule has 4 amide bonds. The number of piperidine rings is 1. The first kappa shape index (κ1) is 27.8. The molecule has 10 nitrogen and oxygen atoms in total. The molecule has 15 heteroatoms. The van der Waals surface area contributed by atoms with Gasteiger partial charge in [0, 0.05) is 44.4 Å². The molecule has 202 valence electrons. The molecule has 0 spiro atoms. The summed E-state index contributed by atoms with van der Waals surface area (Å²) in [4.78, 5) is 28.5. The smallest absolute Gasteiger partial charge is 0.406 e. The SMILES string of the molecule is CNC(=O)N1CC(CS(=O)(=O)NC)C[C@@H](N(C(=O)NCc2ccc(OC(F)(F)F)cc2F)C2CC2)C1. The zero-order valence-corrected chi connectivity index (χ0v) is 20.6. The minimum atomic E-state index is -4.96. The number of halogens is 4. The zero-order valence-electron chi connectivity index (χ0n) is 19.8. The number of amides is 4. The molecule has 2 fully saturated rings. The first-order valence-electron chi connectivity index (χ1n) is 11.3. The zero-order chi connectivity index (χ0) is 26.7. The number of nitrogens with one attached hydrogen (secondary N) is 3. The topological polar surface area (TPSA) is 120 Å². The molecule has 1 unspecified atom stereocenters. The van der Waals surface area contributed by atoms with Gasteiger partial charge in [0.05, 0.1) is 11.8 Å². The van der Waals surface area contributed by atoms with Crippen LogP contribution in [0.25, 0.3) is 0 Å². The van der Waals surface area contributed by atoms with Gasteiger partial charge in [0.15, 0.2) is 0 Å². The molecule has 1 aliphatic heterocycles. The van der Waals surface area contributed by atoms with Crippen LogP contribution in [-0.4, -0.2) is 81.7 Å². The number of rotatable bonds is 8. The van der Waals surface area contributed by atoms with Crippen LogP contribution in [0.15, 0.2) is 18.2 Å². The van der Waals surface area contributed by atoms with Crippen LogP contribution in [-0.2, 0) is 16.6 Å². The van der Waals surface area contributed by atoms with Crippen molar-refractivity contribution in [2.24, 2.45) is 5.92 Å². The van der Waals surface area contributed by atoms with E-state index in [1.54, 1.807) is 4.90 Å². The molecular weight excluding hydrogens is 510 g/mol. The molecule has 1 aliphatic carbocycles. The van der Waals surface area contributed by atoms with Gasteiger partial charge < -0.3 is 25.2 Å². The predicted octanol–water partition coefficient (Wildman–Crippen LogP) is 1.98. The van der Waals surface area contributed by atoms with Crippen molar-refractivity contribution < 1.29 is 40.3 Å². The van der Waals surface area contributed by atoms with Crippen molar-refractivity contribution in [2.75, 3.05) is 32.9 Å². The van der Waals surface area contributed by atoms with E-state index in [0.717, 1.165) is 25.0 Å². The third-order valence-electron chi connectivity index (χ3n) is 6.04. The second-order valence-electron chi connectivity index (χ2n) is 8.80. The number of carbonyl (C=O) groups is 2. The highest BCUT2D eigenvalue weighted by molar-refractivity contribution is 7.89. The van der Waals surface area contributed by atoms with Crippen LogP contribution in [0.5, 0.6) is 5.75 Å². The summed E-state index contributed by atoms with van der Waals surface area (Å²) in [6.45, 7) is 0.107. The lowest BCUT2D eigenvalue weighted by Crippen LogP contribution is -2.58. The largest absolute Gasteiger partial charge is 0.573 e. The van der Waals surface area contributed by atoms with E-state index in [2.05, 4.69) is 20.1 Å². The number of likely N-dealkylation sites (tertiary alicyclic amines) is 1. The lowest BCUT2D eigenvalue weighted by Gasteiger charge is -2.42. The normalized spacial score (nSPS) is 20.6. The van der Waals surface area contributed by atoms with E-state index in [-0.39, 0.29) is 37.0 Å². The highest BCUT2D eigenvalue weighted by Crippen LogP contribution is 2.33. The Morgan fingerprint density at radius 1 is 1.17 bits per heavy atom. The van der Waals surface area contributed by atoms with E-state index in [0.29, 0.717) is 12.5 Å². The molecule has 1 aromatic rings. The van der Waals surface area contributed by atoms with Crippen molar-refractivity contribution in [3.63, 3.8) is 0 Å². The average molecular weight is 540 g/mol. The number of benzene rings is 1. The molecule has 2 atom stereocenters. The standard InChI is InChI=1S/C21H29F4N5O5S/c1-26-19(31)29-10-13(12-36(33,34)27-2)7-16(11-29)30(15-4-5-15)20(32)28-9-14-3-6-17(8-18(14)22)35-21(23,24)25/h3,6,8,13,15-16,27H,4-5,7,9-12H2,1-2H3,(H,26,31)(H,28,32)/t13?,16-/m1/s1. The van der Waals surface area contributed by atoms with Gasteiger partial charge in [-0.2, -0.15) is 0 Å². The van der Waals surface area contributed by atoms with E-state index in [9.17, 15) is 35.6 Å². The monoisotopic (exact) mass is 539 g/mol. The quantitative estimate of drug-likeness (QED) is 0.437. The lowest BCUT2D eigenvalue weighted by atomic mass is 9.94. The van der Waals surface area contributed by atoms with Gasteiger partial charge >= 0.3 is 18.4 Å². The molecule has 36 heavy (non-hydrogen) atoms. The lowest BCUT2D eigenvalue weighted by molar-refractivity contribution is -0.274. The summed E-state index contributed by atoms with van der Waals surface area (Å²) in [7, 11) is -0.808. The number of hydrogen-bond acceptors (Lipinski definition) is 5. The Labute approximate surface area is 206 Å². The first-order valence-corrected chi connectivity index (χ1v) is 12.9. The minimum Gasteiger partial charge on any atom is -0.406 e. The van der Waals surface area contributed by atoms with Crippen LogP contribution in [0.4, 0.5) is 27.2 Å². The van der Waals surface area contributed by atoms with Gasteiger partial charge in [0.1, 0.15) is 11.6 Å². The first-order chi connectivity index (χ1) is 16.8. The van der Waals surface area contributed by atoms with Crippen LogP contribution >= 0.6 is 0 Å². The number of sulfonamides is 1. The Balaban J connectivity index is 1.72. The maximum absolute atomic E-state index is 14.3. The number of ether oxygens (including phenoxy) is 1. The van der Waals surface area contributed by atoms with Crippen molar-refractivity contribution in [2.45, 2.75) is 44.3 Å². The number of alkyl halides is 3. The minimum absolute atomic E-state index is 0.0396. The van der Waals surface area contributed by atoms with Gasteiger partial charge in [0.2, 0.25) is 10.0 Å². The molecule has 0 bridgehead atoms. The Morgan fingerprint density at radius 2 is 1.86 bits per heavy atom. The maximum atomic E-state index is 14.3. The van der Waals surface area contributed by atoms with Crippen molar-refractivity contribution in [1.82, 2.24) is 25.2 Å². The maximum Gasteiger partial charge on any atom is 0.573 e. The Bertz CT molecular complexity index is 1070. The van der Waals surface area contributed by atoms with E-state index in [1.807, 2.05) is 0 Å². The highest BCUT2D eigenvalue weighted by Gasteiger charge is 2.42. The van der Waals surface area contributed by atoms with E-state index in [4.69, 9.17) is 0 Å². The van der Waals surface area contributed by atoms with Gasteiger partial charge in [-0.3, -0.25) is 0 Å². The van der Waals surface area contributed by atoms with E-state index in [1.165, 1.54) is 19.0 Å². The van der Waals surface area contributed by atoms with Crippen molar-refractivity contribution >= 4 is 22.1 Å². The van der Waals surface area contributed by atoms with E-state index >= 15 is 0 Å². The number of carbonyl (C=O) groups excluding carboxylic acids is 2. The molecule has 1 aromatic carbocycles. The summed E-state index contributed by atoms with van der Waals surface area (Å²) in [5, 5.41) is 5.11. The Hall–Kier alpha value is -2.81. The third-order valence-corrected chi connectivity index (χ3v) is 7.57. The van der Waals surface area contributed by atoms with E-state index < -0.39 is 52.0 Å². The van der Waals surface area contributed by atoms with Crippen LogP contribution in [0.2, 0.25) is 0 Å². The van der Waals surface area contributed by atoms with Gasteiger partial charge in [0.25, 0.3) is 0 Å². The summed E-state index contributed by atoms with van der Waals surface area (Å²) in [5.74, 6) is -2.33. The predicted molar refractivity (Wildman–Crippen MR) is 121 cm³/mol. The fourth-order valence-electron chi connectivity index (χ4n) is 4.33. The summed E-state index contributed by atoms with van der Waals surface area (Å²) >= 11 is 0. The molecule has 1 saturated heterocycles. The van der Waals surface area contributed by atoms with Crippen LogP contribution in [0, 0.1) is 11.7 Å². The van der Waals surface area contributed by atoms with Crippen molar-refractivity contribution in [3.8, 4) is 5.75 Å². The number of nitrogens with zero attached hydrogens (tertiary/aromatic N) is 2. The summed E-state index contributed by atoms with van der Waals surface area (Å²) in [6, 6.07) is 1.10. The Kier molecular flexibility index (Phi) is 8.54. The van der Waals surface area contributed by atoms with Crippen LogP contribution < -0.4 is 20.1 Å². The molecule has 0 aromatic heterocycles. The molecule has 0 radical (unpaired) electrons. The molecule has 1 heterocycles. The molecular formula is C21H29F4N5O5S. The van der Waals surface area contributed by atoms with Gasteiger partial charge in [-0.1, -0.05) is 6.07 Å². The summed E-state index contributed by atoms with van der Waals surface area (Å²) in [5.41, 5.74) is -0.0396. The molecule has 2 aliphatic rings. The van der Waals surface area contributed by atoms with Gasteiger partial charge in [-0.15, -0.1) is 13.2 Å². The second kappa shape index (κ2) is 11.1. The van der Waals surface area contributed by atoms with Crippen molar-refractivity contribution in [1.29, 1.82) is 0 Å². The summed E-state index contributed by atoms with van der Waals surface area (Å²) in [6.07, 6.45) is -3.17. The van der Waals surface area contributed by atoms with Crippen LogP contribution in [0.1, 0.15) is 24.8 Å². The molecule has 1 saturated carbocycles. The number of urea groups is 2. The molecule has 3 N–H and O–H groups in total. The average Bonchev–Trinajstić information content (AvgIpc) is 3.61. The van der Waals surface area contributed by atoms with Crippen molar-refractivity contribution in [3.05, 3.63) is 29.6 Å². The van der Waals surface area contributed by atoms with Crippen LogP contribution in [0.3, 0.4) is 0 Å². The fourth-order valence-corrected chi connectivity index (χ4v) is 5.36. The second-order valence-corrected chi connectivity index (χ2v) is 10.8. The fraction of sp³-hybridized carbons (Fsp3) is 0.619. The third kappa shape index (κ3) is 7.59. The highest BCUT2D eigenvalue weighted by atomic mass is 32.2. The Morgan fingerprint density at radius 3 is 2.42 bits per heavy atom. The van der Waals surface area contributed by atoms with Gasteiger partial charge in [-0.05, 0) is 38.3 Å². The van der Waals surface area contributed by atoms with Gasteiger partial charge in [-0.25, -0.2) is 27.1 Å². The number of hydrogen-bond donors (Lipinski definition) is 3. The molecule has 3 rings (SSSR count). The summed E-state index contributed by atoms with van der Waals surface area (Å²) < 4.78 is 81.5.